The summed E-state index contributed by atoms with van der Waals surface area (Å²) in [5, 5.41) is 3.05. The second-order valence-electron chi connectivity index (χ2n) is 6.02. The number of nitrogens with one attached hydrogen (secondary N) is 1. The summed E-state index contributed by atoms with van der Waals surface area (Å²) >= 11 is 0. The minimum absolute atomic E-state index is 0. The molecule has 0 bridgehead atoms. The maximum Gasteiger partial charge on any atom is 0.251 e. The number of carbonyl (C=O) groups is 1. The van der Waals surface area contributed by atoms with Crippen LogP contribution in [0.2, 0.25) is 0 Å². The van der Waals surface area contributed by atoms with Crippen molar-refractivity contribution in [3.8, 4) is 0 Å². The number of nitrogens with zero attached hydrogens (tertiary/aromatic N) is 1. The second kappa shape index (κ2) is 8.81. The Morgan fingerprint density at radius 1 is 1.04 bits per heavy atom. The third-order valence-electron chi connectivity index (χ3n) is 4.28. The fraction of sp³-hybridized carbons (Fsp3) is 0.316. The highest BCUT2D eigenvalue weighted by Gasteiger charge is 2.21. The highest BCUT2D eigenvalue weighted by atomic mass is 35.5. The molecule has 0 aromatic heterocycles. The van der Waals surface area contributed by atoms with Gasteiger partial charge in [-0.15, -0.1) is 12.4 Å². The minimum Gasteiger partial charge on any atom is -0.349 e. The molecular formula is C19H22ClFN2O. The van der Waals surface area contributed by atoms with Gasteiger partial charge in [-0.3, -0.25) is 9.69 Å². The Morgan fingerprint density at radius 2 is 1.67 bits per heavy atom. The van der Waals surface area contributed by atoms with Crippen LogP contribution in [-0.4, -0.2) is 29.9 Å². The second-order valence-corrected chi connectivity index (χ2v) is 6.02. The van der Waals surface area contributed by atoms with Crippen LogP contribution >= 0.6 is 12.4 Å². The standard InChI is InChI=1S/C19H21FN2O.ClH/c20-17-8-6-16(7-9-17)19(23)21-18-10-12-22(13-11-18)14-15-4-2-1-3-5-15;/h1-9,18H,10-14H2,(H,21,23);1H. The third-order valence-corrected chi connectivity index (χ3v) is 4.28. The number of amides is 1. The van der Waals surface area contributed by atoms with E-state index in [2.05, 4.69) is 34.5 Å². The Balaban J connectivity index is 0.00000208. The Labute approximate surface area is 148 Å². The van der Waals surface area contributed by atoms with Crippen LogP contribution in [0, 0.1) is 5.82 Å². The van der Waals surface area contributed by atoms with Gasteiger partial charge in [-0.1, -0.05) is 30.3 Å². The lowest BCUT2D eigenvalue weighted by Crippen LogP contribution is -2.44. The summed E-state index contributed by atoms with van der Waals surface area (Å²) in [6.07, 6.45) is 1.89. The van der Waals surface area contributed by atoms with Crippen molar-refractivity contribution in [1.82, 2.24) is 10.2 Å². The summed E-state index contributed by atoms with van der Waals surface area (Å²) in [6, 6.07) is 16.3. The van der Waals surface area contributed by atoms with Gasteiger partial charge in [0.15, 0.2) is 0 Å². The Morgan fingerprint density at radius 3 is 2.29 bits per heavy atom. The van der Waals surface area contributed by atoms with E-state index < -0.39 is 0 Å². The maximum atomic E-state index is 12.9. The number of halogens is 2. The first-order valence-corrected chi connectivity index (χ1v) is 8.03. The molecule has 1 aliphatic heterocycles. The van der Waals surface area contributed by atoms with Crippen molar-refractivity contribution >= 4 is 18.3 Å². The van der Waals surface area contributed by atoms with Crippen molar-refractivity contribution in [3.05, 3.63) is 71.5 Å². The van der Waals surface area contributed by atoms with Crippen LogP contribution in [0.15, 0.2) is 54.6 Å². The monoisotopic (exact) mass is 348 g/mol. The predicted molar refractivity (Wildman–Crippen MR) is 95.9 cm³/mol. The topological polar surface area (TPSA) is 32.3 Å². The first-order valence-electron chi connectivity index (χ1n) is 8.03. The molecule has 1 saturated heterocycles. The molecule has 1 fully saturated rings. The van der Waals surface area contributed by atoms with Gasteiger partial charge in [-0.25, -0.2) is 4.39 Å². The highest BCUT2D eigenvalue weighted by molar-refractivity contribution is 5.94. The van der Waals surface area contributed by atoms with Gasteiger partial charge in [0.25, 0.3) is 5.91 Å². The summed E-state index contributed by atoms with van der Waals surface area (Å²) in [7, 11) is 0. The van der Waals surface area contributed by atoms with E-state index in [1.807, 2.05) is 6.07 Å². The molecule has 2 aromatic carbocycles. The van der Waals surface area contributed by atoms with Gasteiger partial charge in [0.1, 0.15) is 5.82 Å². The number of piperidine rings is 1. The lowest BCUT2D eigenvalue weighted by molar-refractivity contribution is 0.0909. The first kappa shape index (κ1) is 18.4. The zero-order valence-corrected chi connectivity index (χ0v) is 14.3. The van der Waals surface area contributed by atoms with E-state index in [-0.39, 0.29) is 30.2 Å². The SMILES string of the molecule is Cl.O=C(NC1CCN(Cc2ccccc2)CC1)c1ccc(F)cc1. The van der Waals surface area contributed by atoms with Crippen molar-refractivity contribution < 1.29 is 9.18 Å². The van der Waals surface area contributed by atoms with Crippen LogP contribution in [0.4, 0.5) is 4.39 Å². The third kappa shape index (κ3) is 5.05. The Hall–Kier alpha value is -1.91. The fourth-order valence-electron chi connectivity index (χ4n) is 2.95. The molecule has 2 aromatic rings. The summed E-state index contributed by atoms with van der Waals surface area (Å²) in [6.45, 7) is 2.91. The van der Waals surface area contributed by atoms with Crippen LogP contribution in [0.1, 0.15) is 28.8 Å². The maximum absolute atomic E-state index is 12.9. The van der Waals surface area contributed by atoms with Gasteiger partial charge < -0.3 is 5.32 Å². The van der Waals surface area contributed by atoms with Gasteiger partial charge in [0.05, 0.1) is 0 Å². The van der Waals surface area contributed by atoms with Crippen molar-refractivity contribution in [2.75, 3.05) is 13.1 Å². The van der Waals surface area contributed by atoms with Gasteiger partial charge in [0.2, 0.25) is 0 Å². The summed E-state index contributed by atoms with van der Waals surface area (Å²) in [4.78, 5) is 14.6. The lowest BCUT2D eigenvalue weighted by atomic mass is 10.0. The quantitative estimate of drug-likeness (QED) is 0.914. The summed E-state index contributed by atoms with van der Waals surface area (Å²) < 4.78 is 12.9. The minimum atomic E-state index is -0.323. The van der Waals surface area contributed by atoms with E-state index in [1.165, 1.54) is 29.8 Å². The fourth-order valence-corrected chi connectivity index (χ4v) is 2.95. The van der Waals surface area contributed by atoms with Crippen LogP contribution in [0.3, 0.4) is 0 Å². The average molecular weight is 349 g/mol. The molecule has 0 aliphatic carbocycles. The number of hydrogen-bond donors (Lipinski definition) is 1. The molecule has 1 N–H and O–H groups in total. The van der Waals surface area contributed by atoms with Crippen molar-refractivity contribution in [2.24, 2.45) is 0 Å². The largest absolute Gasteiger partial charge is 0.349 e. The van der Waals surface area contributed by atoms with Gasteiger partial charge in [-0.2, -0.15) is 0 Å². The van der Waals surface area contributed by atoms with E-state index in [0.717, 1.165) is 32.5 Å². The summed E-state index contributed by atoms with van der Waals surface area (Å²) in [5.74, 6) is -0.442. The molecule has 0 atom stereocenters. The zero-order valence-electron chi connectivity index (χ0n) is 13.5. The Bertz CT molecular complexity index is 640. The molecule has 3 rings (SSSR count). The number of rotatable bonds is 4. The lowest BCUT2D eigenvalue weighted by Gasteiger charge is -2.32. The van der Waals surface area contributed by atoms with Crippen molar-refractivity contribution in [3.63, 3.8) is 0 Å². The molecule has 0 spiro atoms. The van der Waals surface area contributed by atoms with Crippen molar-refractivity contribution in [1.29, 1.82) is 0 Å². The summed E-state index contributed by atoms with van der Waals surface area (Å²) in [5.41, 5.74) is 1.83. The molecule has 1 aliphatic rings. The van der Waals surface area contributed by atoms with E-state index in [1.54, 1.807) is 0 Å². The molecule has 1 amide bonds. The number of likely N-dealkylation sites (tertiary alicyclic amines) is 1. The van der Waals surface area contributed by atoms with Gasteiger partial charge >= 0.3 is 0 Å². The molecule has 3 nitrogen and oxygen atoms in total. The van der Waals surface area contributed by atoms with Crippen LogP contribution in [-0.2, 0) is 6.54 Å². The highest BCUT2D eigenvalue weighted by Crippen LogP contribution is 2.14. The molecular weight excluding hydrogens is 327 g/mol. The average Bonchev–Trinajstić information content (AvgIpc) is 2.58. The van der Waals surface area contributed by atoms with E-state index in [9.17, 15) is 9.18 Å². The predicted octanol–water partition coefficient (Wildman–Crippen LogP) is 3.64. The first-order chi connectivity index (χ1) is 11.2. The van der Waals surface area contributed by atoms with Crippen LogP contribution in [0.5, 0.6) is 0 Å². The van der Waals surface area contributed by atoms with E-state index >= 15 is 0 Å². The van der Waals surface area contributed by atoms with E-state index in [4.69, 9.17) is 0 Å². The van der Waals surface area contributed by atoms with Gasteiger partial charge in [-0.05, 0) is 42.7 Å². The zero-order chi connectivity index (χ0) is 16.1. The smallest absolute Gasteiger partial charge is 0.251 e. The number of hydrogen-bond acceptors (Lipinski definition) is 2. The molecule has 5 heteroatoms. The Kier molecular flexibility index (Phi) is 6.76. The number of carbonyl (C=O) groups excluding carboxylic acids is 1. The van der Waals surface area contributed by atoms with E-state index in [0.29, 0.717) is 5.56 Å². The molecule has 1 heterocycles. The van der Waals surface area contributed by atoms with Gasteiger partial charge in [0, 0.05) is 31.2 Å². The molecule has 24 heavy (non-hydrogen) atoms. The molecule has 0 saturated carbocycles. The molecule has 0 unspecified atom stereocenters. The van der Waals surface area contributed by atoms with Crippen LogP contribution in [0.25, 0.3) is 0 Å². The molecule has 0 radical (unpaired) electrons. The normalized spacial score (nSPS) is 15.5. The number of benzene rings is 2. The van der Waals surface area contributed by atoms with Crippen LogP contribution < -0.4 is 5.32 Å². The molecule has 128 valence electrons. The van der Waals surface area contributed by atoms with Crippen molar-refractivity contribution in [2.45, 2.75) is 25.4 Å².